The molecule has 1 aliphatic rings. The Morgan fingerprint density at radius 3 is 2.54 bits per heavy atom. The number of nitriles is 1. The highest BCUT2D eigenvalue weighted by atomic mass is 79.9. The molecule has 41 heavy (non-hydrogen) atoms. The van der Waals surface area contributed by atoms with Gasteiger partial charge < -0.3 is 21.7 Å². The molecule has 1 N–H and O–H groups in total. The summed E-state index contributed by atoms with van der Waals surface area (Å²) in [4.78, 5) is 27.8. The molecule has 9 nitrogen and oxygen atoms in total. The lowest BCUT2D eigenvalue weighted by molar-refractivity contribution is -0.688. The van der Waals surface area contributed by atoms with E-state index in [-0.39, 0.29) is 39.9 Å². The summed E-state index contributed by atoms with van der Waals surface area (Å²) in [5.41, 5.74) is 0.241. The number of methoxy groups -OCH3 is 1. The summed E-state index contributed by atoms with van der Waals surface area (Å²) in [5, 5.41) is 16.1. The van der Waals surface area contributed by atoms with Gasteiger partial charge in [0.15, 0.2) is 18.9 Å². The number of pyridine rings is 1. The molecule has 0 saturated carbocycles. The van der Waals surface area contributed by atoms with E-state index >= 15 is 0 Å². The van der Waals surface area contributed by atoms with Crippen LogP contribution in [0.1, 0.15) is 35.2 Å². The van der Waals surface area contributed by atoms with Crippen molar-refractivity contribution in [1.82, 2.24) is 14.8 Å². The van der Waals surface area contributed by atoms with Crippen LogP contribution in [0.2, 0.25) is 0 Å². The number of H-pyrrole nitrogens is 1. The number of carbonyl (C=O) groups excluding carboxylic acids is 1. The zero-order valence-corrected chi connectivity index (χ0v) is 23.3. The summed E-state index contributed by atoms with van der Waals surface area (Å²) in [6.45, 7) is 1.85. The second kappa shape index (κ2) is 11.4. The van der Waals surface area contributed by atoms with Crippen molar-refractivity contribution in [2.24, 2.45) is 0 Å². The molecule has 5 rings (SSSR count). The SMILES string of the molecule is COC(=O)C1=C(C)N(c2cccc(C(F)(F)F)c2)c2n[nH]c(=O)n2C1c1ccc(C#N)cc1C[n+]1ccccc1.[Br-]. The van der Waals surface area contributed by atoms with Crippen LogP contribution in [0.25, 0.3) is 0 Å². The fourth-order valence-electron chi connectivity index (χ4n) is 4.89. The third-order valence-electron chi connectivity index (χ3n) is 6.68. The molecule has 0 fully saturated rings. The van der Waals surface area contributed by atoms with E-state index in [2.05, 4.69) is 16.3 Å². The van der Waals surface area contributed by atoms with Gasteiger partial charge in [-0.05, 0) is 42.8 Å². The molecule has 0 amide bonds. The van der Waals surface area contributed by atoms with Gasteiger partial charge in [0.1, 0.15) is 6.04 Å². The topological polar surface area (TPSA) is 108 Å². The van der Waals surface area contributed by atoms with E-state index in [0.717, 1.165) is 12.1 Å². The number of hydrogen-bond acceptors (Lipinski definition) is 6. The van der Waals surface area contributed by atoms with Crippen LogP contribution in [-0.2, 0) is 22.3 Å². The monoisotopic (exact) mass is 626 g/mol. The molecule has 0 aliphatic carbocycles. The Hall–Kier alpha value is -4.70. The van der Waals surface area contributed by atoms with Crippen LogP contribution in [-0.4, -0.2) is 27.8 Å². The maximum atomic E-state index is 13.6. The van der Waals surface area contributed by atoms with E-state index in [1.165, 1.54) is 28.7 Å². The van der Waals surface area contributed by atoms with Gasteiger partial charge in [0.25, 0.3) is 0 Å². The number of fused-ring (bicyclic) bond motifs is 1. The predicted octanol–water partition coefficient (Wildman–Crippen LogP) is 0.990. The van der Waals surface area contributed by atoms with Gasteiger partial charge in [-0.3, -0.25) is 4.90 Å². The number of nitrogens with one attached hydrogen (secondary N) is 1. The third kappa shape index (κ3) is 5.38. The molecule has 2 aromatic carbocycles. The number of alkyl halides is 3. The second-order valence-corrected chi connectivity index (χ2v) is 9.05. The summed E-state index contributed by atoms with van der Waals surface area (Å²) >= 11 is 0. The second-order valence-electron chi connectivity index (χ2n) is 9.05. The molecule has 210 valence electrons. The number of aromatic nitrogens is 4. The van der Waals surface area contributed by atoms with Crippen molar-refractivity contribution in [1.29, 1.82) is 5.26 Å². The molecular weight excluding hydrogens is 605 g/mol. The molecule has 3 heterocycles. The first-order valence-electron chi connectivity index (χ1n) is 12.0. The Kier molecular flexibility index (Phi) is 8.16. The lowest BCUT2D eigenvalue weighted by atomic mass is 9.90. The Morgan fingerprint density at radius 1 is 1.15 bits per heavy atom. The van der Waals surface area contributed by atoms with Crippen LogP contribution in [0.5, 0.6) is 0 Å². The molecule has 0 bridgehead atoms. The van der Waals surface area contributed by atoms with Gasteiger partial charge in [-0.1, -0.05) is 18.2 Å². The third-order valence-corrected chi connectivity index (χ3v) is 6.68. The quantitative estimate of drug-likeness (QED) is 0.262. The first kappa shape index (κ1) is 29.3. The Morgan fingerprint density at radius 2 is 1.88 bits per heavy atom. The van der Waals surface area contributed by atoms with Crippen molar-refractivity contribution in [2.45, 2.75) is 25.7 Å². The first-order chi connectivity index (χ1) is 19.1. The number of aromatic amines is 1. The molecule has 0 radical (unpaired) electrons. The predicted molar refractivity (Wildman–Crippen MR) is 136 cm³/mol. The van der Waals surface area contributed by atoms with Crippen LogP contribution in [0.4, 0.5) is 24.8 Å². The highest BCUT2D eigenvalue weighted by molar-refractivity contribution is 5.93. The molecular formula is C28H22BrF3N6O3. The Bertz CT molecular complexity index is 1740. The number of allylic oxidation sites excluding steroid dienone is 1. The van der Waals surface area contributed by atoms with Gasteiger partial charge in [-0.15, -0.1) is 5.10 Å². The smallest absolute Gasteiger partial charge is 0.416 e. The van der Waals surface area contributed by atoms with Crippen molar-refractivity contribution in [3.63, 3.8) is 0 Å². The first-order valence-corrected chi connectivity index (χ1v) is 12.0. The standard InChI is InChI=1S/C28H21F3N6O3.BrH/c1-17-23(25(38)40-2)24(22-10-9-18(15-32)13-19(22)16-35-11-4-3-5-12-35)37-26(33-34-27(37)39)36(17)21-8-6-7-20(14-21)28(29,30)31;/h3-14,24H,16H2,1-2H3;1H. The average molecular weight is 627 g/mol. The van der Waals surface area contributed by atoms with Gasteiger partial charge in [0, 0.05) is 29.1 Å². The molecule has 13 heteroatoms. The number of benzene rings is 2. The van der Waals surface area contributed by atoms with Crippen molar-refractivity contribution < 1.29 is 44.3 Å². The number of nitrogens with zero attached hydrogens (tertiary/aromatic N) is 5. The van der Waals surface area contributed by atoms with Crippen molar-refractivity contribution in [3.8, 4) is 6.07 Å². The maximum Gasteiger partial charge on any atom is 0.416 e. The van der Waals surface area contributed by atoms with Gasteiger partial charge >= 0.3 is 17.8 Å². The molecule has 1 aliphatic heterocycles. The van der Waals surface area contributed by atoms with Crippen LogP contribution in [0.15, 0.2) is 89.1 Å². The number of esters is 1. The maximum absolute atomic E-state index is 13.6. The highest BCUT2D eigenvalue weighted by Crippen LogP contribution is 2.43. The fourth-order valence-corrected chi connectivity index (χ4v) is 4.89. The Labute approximate surface area is 242 Å². The van der Waals surface area contributed by atoms with Gasteiger partial charge in [0.05, 0.1) is 29.9 Å². The normalized spacial score (nSPS) is 14.6. The van der Waals surface area contributed by atoms with Gasteiger partial charge in [-0.25, -0.2) is 23.8 Å². The fraction of sp³-hybridized carbons (Fsp3) is 0.179. The summed E-state index contributed by atoms with van der Waals surface area (Å²) in [6.07, 6.45) is -0.956. The lowest BCUT2D eigenvalue weighted by Gasteiger charge is -2.36. The minimum atomic E-state index is -4.62. The van der Waals surface area contributed by atoms with Crippen molar-refractivity contribution in [2.75, 3.05) is 12.0 Å². The highest BCUT2D eigenvalue weighted by Gasteiger charge is 2.41. The minimum absolute atomic E-state index is 0. The molecule has 0 spiro atoms. The molecule has 1 unspecified atom stereocenters. The van der Waals surface area contributed by atoms with E-state index in [0.29, 0.717) is 23.2 Å². The van der Waals surface area contributed by atoms with Crippen LogP contribution >= 0.6 is 0 Å². The van der Waals surface area contributed by atoms with E-state index in [9.17, 15) is 28.0 Å². The number of hydrogen-bond donors (Lipinski definition) is 1. The average Bonchev–Trinajstić information content (AvgIpc) is 3.32. The number of carbonyl (C=O) groups is 1. The lowest BCUT2D eigenvalue weighted by Crippen LogP contribution is -3.00. The molecule has 4 aromatic rings. The van der Waals surface area contributed by atoms with E-state index in [4.69, 9.17) is 4.74 Å². The van der Waals surface area contributed by atoms with Gasteiger partial charge in [-0.2, -0.15) is 18.4 Å². The van der Waals surface area contributed by atoms with Crippen molar-refractivity contribution >= 4 is 17.6 Å². The molecule has 1 atom stereocenters. The van der Waals surface area contributed by atoms with Crippen molar-refractivity contribution in [3.05, 3.63) is 117 Å². The van der Waals surface area contributed by atoms with E-state index in [1.807, 2.05) is 35.2 Å². The van der Waals surface area contributed by atoms with Gasteiger partial charge in [0.2, 0.25) is 5.95 Å². The summed E-state index contributed by atoms with van der Waals surface area (Å²) in [7, 11) is 1.18. The zero-order valence-electron chi connectivity index (χ0n) is 21.7. The largest absolute Gasteiger partial charge is 1.00 e. The molecule has 0 saturated heterocycles. The number of ether oxygens (including phenoxy) is 1. The minimum Gasteiger partial charge on any atom is -1.00 e. The number of anilines is 2. The van der Waals surface area contributed by atoms with Crippen LogP contribution < -0.4 is 32.1 Å². The zero-order chi connectivity index (χ0) is 28.6. The summed E-state index contributed by atoms with van der Waals surface area (Å²) in [5.74, 6) is -0.789. The van der Waals surface area contributed by atoms with E-state index in [1.54, 1.807) is 25.1 Å². The summed E-state index contributed by atoms with van der Waals surface area (Å²) in [6, 6.07) is 16.0. The molecule has 2 aromatic heterocycles. The number of rotatable bonds is 5. The van der Waals surface area contributed by atoms with Crippen LogP contribution in [0.3, 0.4) is 0 Å². The number of halogens is 4. The summed E-state index contributed by atoms with van der Waals surface area (Å²) < 4.78 is 48.8. The Balaban J connectivity index is 0.00000387. The van der Waals surface area contributed by atoms with E-state index < -0.39 is 29.4 Å². The van der Waals surface area contributed by atoms with Crippen LogP contribution in [0, 0.1) is 11.3 Å².